The largest absolute Gasteiger partial charge is 0.322 e. The Morgan fingerprint density at radius 1 is 1.07 bits per heavy atom. The zero-order chi connectivity index (χ0) is 21.3. The molecular formula is C21H16ClN3O3S2. The van der Waals surface area contributed by atoms with Crippen LogP contribution in [0, 0.1) is 0 Å². The molecule has 2 aromatic carbocycles. The number of benzene rings is 2. The molecule has 0 bridgehead atoms. The number of hydrogen-bond donors (Lipinski definition) is 2. The van der Waals surface area contributed by atoms with Crippen molar-refractivity contribution in [1.29, 1.82) is 0 Å². The first-order valence-electron chi connectivity index (χ1n) is 8.85. The Labute approximate surface area is 182 Å². The average molecular weight is 458 g/mol. The van der Waals surface area contributed by atoms with E-state index < -0.39 is 10.0 Å². The van der Waals surface area contributed by atoms with Gasteiger partial charge in [0.2, 0.25) is 10.0 Å². The van der Waals surface area contributed by atoms with Gasteiger partial charge in [0.05, 0.1) is 31.7 Å². The first kappa shape index (κ1) is 20.5. The number of nitrogens with one attached hydrogen (secondary N) is 1. The second-order valence-electron chi connectivity index (χ2n) is 6.63. The van der Waals surface area contributed by atoms with E-state index in [1.165, 1.54) is 11.3 Å². The lowest BCUT2D eigenvalue weighted by molar-refractivity contribution is 0.102. The highest BCUT2D eigenvalue weighted by Gasteiger charge is 2.15. The van der Waals surface area contributed by atoms with E-state index >= 15 is 0 Å². The number of nitrogens with two attached hydrogens (primary N) is 1. The molecule has 0 aliphatic rings. The minimum atomic E-state index is -3.61. The second-order valence-corrected chi connectivity index (χ2v) is 9.96. The fraction of sp³-hybridized carbons (Fsp3) is 0.0476. The van der Waals surface area contributed by atoms with Crippen molar-refractivity contribution in [3.8, 4) is 10.6 Å². The van der Waals surface area contributed by atoms with Crippen LogP contribution in [0.5, 0.6) is 0 Å². The first-order valence-corrected chi connectivity index (χ1v) is 11.8. The lowest BCUT2D eigenvalue weighted by Crippen LogP contribution is -2.15. The Hall–Kier alpha value is -2.78. The summed E-state index contributed by atoms with van der Waals surface area (Å²) in [6.45, 7) is 0. The molecule has 30 heavy (non-hydrogen) atoms. The molecule has 2 heterocycles. The maximum Gasteiger partial charge on any atom is 0.256 e. The number of rotatable bonds is 5. The highest BCUT2D eigenvalue weighted by atomic mass is 35.5. The minimum absolute atomic E-state index is 0.261. The van der Waals surface area contributed by atoms with E-state index in [-0.39, 0.29) is 11.7 Å². The van der Waals surface area contributed by atoms with Gasteiger partial charge in [-0.25, -0.2) is 18.5 Å². The molecular weight excluding hydrogens is 442 g/mol. The highest BCUT2D eigenvalue weighted by Crippen LogP contribution is 2.32. The molecule has 0 fully saturated rings. The third kappa shape index (κ3) is 4.68. The van der Waals surface area contributed by atoms with Gasteiger partial charge in [-0.2, -0.15) is 0 Å². The summed E-state index contributed by atoms with van der Waals surface area (Å²) in [4.78, 5) is 18.6. The lowest BCUT2D eigenvalue weighted by atomic mass is 10.1. The second kappa shape index (κ2) is 8.16. The number of carbonyl (C=O) groups excluding carboxylic acids is 1. The van der Waals surface area contributed by atoms with Gasteiger partial charge in [0, 0.05) is 11.1 Å². The van der Waals surface area contributed by atoms with Crippen molar-refractivity contribution in [1.82, 2.24) is 4.98 Å². The molecule has 0 spiro atoms. The molecule has 4 rings (SSSR count). The zero-order valence-corrected chi connectivity index (χ0v) is 17.9. The van der Waals surface area contributed by atoms with Crippen molar-refractivity contribution >= 4 is 55.5 Å². The third-order valence-corrected chi connectivity index (χ3v) is 6.36. The summed E-state index contributed by atoms with van der Waals surface area (Å²) in [5.74, 6) is -0.556. The van der Waals surface area contributed by atoms with Crippen molar-refractivity contribution in [3.63, 3.8) is 0 Å². The van der Waals surface area contributed by atoms with Gasteiger partial charge >= 0.3 is 0 Å². The van der Waals surface area contributed by atoms with Crippen molar-refractivity contribution in [3.05, 3.63) is 82.2 Å². The van der Waals surface area contributed by atoms with E-state index in [9.17, 15) is 13.2 Å². The summed E-state index contributed by atoms with van der Waals surface area (Å²) in [7, 11) is -3.61. The molecule has 0 atom stereocenters. The van der Waals surface area contributed by atoms with Crippen LogP contribution >= 0.6 is 22.9 Å². The molecule has 3 N–H and O–H groups in total. The van der Waals surface area contributed by atoms with Crippen molar-refractivity contribution in [2.45, 2.75) is 5.75 Å². The van der Waals surface area contributed by atoms with E-state index in [2.05, 4.69) is 10.3 Å². The smallest absolute Gasteiger partial charge is 0.256 e. The molecule has 2 aromatic heterocycles. The van der Waals surface area contributed by atoms with Crippen LogP contribution in [0.25, 0.3) is 21.5 Å². The number of fused-ring (bicyclic) bond motifs is 1. The fourth-order valence-corrected chi connectivity index (χ4v) is 4.72. The van der Waals surface area contributed by atoms with Gasteiger partial charge in [-0.15, -0.1) is 11.3 Å². The quantitative estimate of drug-likeness (QED) is 0.455. The third-order valence-electron chi connectivity index (χ3n) is 4.37. The van der Waals surface area contributed by atoms with Gasteiger partial charge in [-0.3, -0.25) is 4.79 Å². The van der Waals surface area contributed by atoms with Crippen LogP contribution in [0.1, 0.15) is 15.9 Å². The number of aromatic nitrogens is 1. The Bertz CT molecular complexity index is 1350. The van der Waals surface area contributed by atoms with Gasteiger partial charge < -0.3 is 5.32 Å². The Morgan fingerprint density at radius 3 is 2.47 bits per heavy atom. The van der Waals surface area contributed by atoms with Crippen molar-refractivity contribution < 1.29 is 13.2 Å². The van der Waals surface area contributed by atoms with Crippen LogP contribution < -0.4 is 10.5 Å². The standard InChI is InChI=1S/C21H16ClN3O3S2/c22-20-10-9-19(29-20)18-11-16(15-3-1-2-4-17(15)25-18)21(26)24-14-7-5-13(6-8-14)12-30(23,27)28/h1-11H,12H2,(H,24,26)(H2,23,27,28). The number of nitrogens with zero attached hydrogens (tertiary/aromatic N) is 1. The number of amides is 1. The molecule has 6 nitrogen and oxygen atoms in total. The summed E-state index contributed by atoms with van der Waals surface area (Å²) in [5, 5.41) is 8.65. The molecule has 0 aliphatic heterocycles. The first-order chi connectivity index (χ1) is 14.3. The predicted octanol–water partition coefficient (Wildman–Crippen LogP) is 4.66. The normalized spacial score (nSPS) is 11.5. The van der Waals surface area contributed by atoms with Crippen LogP contribution in [0.4, 0.5) is 5.69 Å². The Kier molecular flexibility index (Phi) is 5.57. The van der Waals surface area contributed by atoms with E-state index in [1.807, 2.05) is 30.3 Å². The molecule has 0 saturated heterocycles. The monoisotopic (exact) mass is 457 g/mol. The Balaban J connectivity index is 1.67. The van der Waals surface area contributed by atoms with Gasteiger partial charge in [0.15, 0.2) is 0 Å². The van der Waals surface area contributed by atoms with Crippen LogP contribution in [-0.2, 0) is 15.8 Å². The molecule has 152 valence electrons. The Morgan fingerprint density at radius 2 is 1.80 bits per heavy atom. The molecule has 1 amide bonds. The summed E-state index contributed by atoms with van der Waals surface area (Å²) in [6, 6.07) is 19.3. The van der Waals surface area contributed by atoms with Crippen molar-refractivity contribution in [2.75, 3.05) is 5.32 Å². The number of anilines is 1. The number of thiophene rings is 1. The van der Waals surface area contributed by atoms with Crippen LogP contribution in [-0.4, -0.2) is 19.3 Å². The van der Waals surface area contributed by atoms with Gasteiger partial charge in [-0.05, 0) is 42.0 Å². The topological polar surface area (TPSA) is 102 Å². The number of para-hydroxylation sites is 1. The summed E-state index contributed by atoms with van der Waals surface area (Å²) >= 11 is 7.45. The molecule has 0 radical (unpaired) electrons. The maximum absolute atomic E-state index is 13.1. The van der Waals surface area contributed by atoms with Gasteiger partial charge in [0.25, 0.3) is 5.91 Å². The number of halogens is 1. The summed E-state index contributed by atoms with van der Waals surface area (Å²) < 4.78 is 23.1. The van der Waals surface area contributed by atoms with E-state index in [0.717, 1.165) is 10.3 Å². The summed E-state index contributed by atoms with van der Waals surface area (Å²) in [6.07, 6.45) is 0. The number of sulfonamides is 1. The average Bonchev–Trinajstić information content (AvgIpc) is 3.14. The number of pyridine rings is 1. The highest BCUT2D eigenvalue weighted by molar-refractivity contribution is 7.88. The number of primary sulfonamides is 1. The molecule has 0 saturated carbocycles. The maximum atomic E-state index is 13.1. The van der Waals surface area contributed by atoms with E-state index in [0.29, 0.717) is 32.4 Å². The van der Waals surface area contributed by atoms with Crippen LogP contribution in [0.15, 0.2) is 66.7 Å². The van der Waals surface area contributed by atoms with Crippen molar-refractivity contribution in [2.24, 2.45) is 5.14 Å². The minimum Gasteiger partial charge on any atom is -0.322 e. The molecule has 9 heteroatoms. The number of carbonyl (C=O) groups is 1. The van der Waals surface area contributed by atoms with Gasteiger partial charge in [0.1, 0.15) is 0 Å². The molecule has 4 aromatic rings. The fourth-order valence-electron chi connectivity index (χ4n) is 3.06. The number of hydrogen-bond acceptors (Lipinski definition) is 5. The van der Waals surface area contributed by atoms with E-state index in [1.54, 1.807) is 36.4 Å². The van der Waals surface area contributed by atoms with E-state index in [4.69, 9.17) is 16.7 Å². The molecule has 0 aliphatic carbocycles. The lowest BCUT2D eigenvalue weighted by Gasteiger charge is -2.10. The summed E-state index contributed by atoms with van der Waals surface area (Å²) in [5.41, 5.74) is 2.93. The van der Waals surface area contributed by atoms with Crippen LogP contribution in [0.3, 0.4) is 0 Å². The SMILES string of the molecule is NS(=O)(=O)Cc1ccc(NC(=O)c2cc(-c3ccc(Cl)s3)nc3ccccc23)cc1. The van der Waals surface area contributed by atoms with Crippen LogP contribution in [0.2, 0.25) is 4.34 Å². The predicted molar refractivity (Wildman–Crippen MR) is 121 cm³/mol. The zero-order valence-electron chi connectivity index (χ0n) is 15.5. The van der Waals surface area contributed by atoms with Gasteiger partial charge in [-0.1, -0.05) is 41.9 Å². The molecule has 0 unspecified atom stereocenters.